The predicted molar refractivity (Wildman–Crippen MR) is 72.1 cm³/mol. The fourth-order valence-electron chi connectivity index (χ4n) is 2.55. The zero-order valence-corrected chi connectivity index (χ0v) is 11.3. The molecule has 0 aromatic rings. The Morgan fingerprint density at radius 1 is 1.12 bits per heavy atom. The molecule has 0 spiro atoms. The van der Waals surface area contributed by atoms with E-state index >= 15 is 0 Å². The third-order valence-corrected chi connectivity index (χ3v) is 3.46. The van der Waals surface area contributed by atoms with Crippen LogP contribution in [0.4, 0.5) is 0 Å². The summed E-state index contributed by atoms with van der Waals surface area (Å²) >= 11 is 0. The number of rotatable bonds is 5. The minimum absolute atomic E-state index is 0.741. The molecule has 0 heterocycles. The second-order valence-corrected chi connectivity index (χ2v) is 5.18. The van der Waals surface area contributed by atoms with E-state index in [2.05, 4.69) is 25.9 Å². The van der Waals surface area contributed by atoms with Crippen LogP contribution in [0.3, 0.4) is 0 Å². The van der Waals surface area contributed by atoms with Crippen LogP contribution in [0.2, 0.25) is 0 Å². The minimum atomic E-state index is 0.741. The molecule has 0 amide bonds. The van der Waals surface area contributed by atoms with Gasteiger partial charge in [0.15, 0.2) is 0 Å². The number of nitrogens with zero attached hydrogens (tertiary/aromatic N) is 2. The molecule has 0 N–H and O–H groups in total. The van der Waals surface area contributed by atoms with Gasteiger partial charge in [0.05, 0.1) is 0 Å². The Kier molecular flexibility index (Phi) is 6.51. The molecular formula is C14H28N2. The van der Waals surface area contributed by atoms with E-state index in [9.17, 15) is 0 Å². The average molecular weight is 224 g/mol. The van der Waals surface area contributed by atoms with E-state index < -0.39 is 0 Å². The molecule has 0 saturated heterocycles. The molecule has 1 saturated carbocycles. The number of aliphatic imine (C=N–C) groups is 1. The first-order valence-corrected chi connectivity index (χ1v) is 6.97. The Labute approximate surface area is 101 Å². The summed E-state index contributed by atoms with van der Waals surface area (Å²) in [6.07, 6.45) is 10.8. The Morgan fingerprint density at radius 2 is 1.81 bits per heavy atom. The van der Waals surface area contributed by atoms with Gasteiger partial charge in [0.25, 0.3) is 0 Å². The normalized spacial score (nSPS) is 18.8. The highest BCUT2D eigenvalue weighted by Crippen LogP contribution is 2.25. The third-order valence-electron chi connectivity index (χ3n) is 3.46. The van der Waals surface area contributed by atoms with Gasteiger partial charge in [-0.2, -0.15) is 0 Å². The van der Waals surface area contributed by atoms with Gasteiger partial charge in [-0.25, -0.2) is 0 Å². The molecule has 1 aliphatic carbocycles. The standard InChI is InChI=1S/C14H28N2/c1-4-5-9-12-15-14(16(2)3)13-10-7-6-8-11-13/h13H,4-12H2,1-3H3. The zero-order valence-electron chi connectivity index (χ0n) is 11.3. The maximum atomic E-state index is 4.83. The summed E-state index contributed by atoms with van der Waals surface area (Å²) in [7, 11) is 4.29. The Morgan fingerprint density at radius 3 is 2.38 bits per heavy atom. The first-order chi connectivity index (χ1) is 7.75. The first-order valence-electron chi connectivity index (χ1n) is 6.97. The van der Waals surface area contributed by atoms with Crippen LogP contribution in [0, 0.1) is 5.92 Å². The van der Waals surface area contributed by atoms with Crippen molar-refractivity contribution in [1.82, 2.24) is 4.90 Å². The highest BCUT2D eigenvalue weighted by molar-refractivity contribution is 5.84. The Hall–Kier alpha value is -0.530. The van der Waals surface area contributed by atoms with Crippen molar-refractivity contribution in [2.24, 2.45) is 10.9 Å². The maximum Gasteiger partial charge on any atom is 0.101 e. The summed E-state index contributed by atoms with van der Waals surface area (Å²) in [6, 6.07) is 0. The molecular weight excluding hydrogens is 196 g/mol. The quantitative estimate of drug-likeness (QED) is 0.395. The van der Waals surface area contributed by atoms with Gasteiger partial charge in [0, 0.05) is 26.6 Å². The molecule has 0 atom stereocenters. The van der Waals surface area contributed by atoms with Crippen LogP contribution in [0.5, 0.6) is 0 Å². The molecule has 1 aliphatic rings. The summed E-state index contributed by atoms with van der Waals surface area (Å²) in [5.74, 6) is 2.10. The highest BCUT2D eigenvalue weighted by atomic mass is 15.1. The summed E-state index contributed by atoms with van der Waals surface area (Å²) in [5.41, 5.74) is 0. The van der Waals surface area contributed by atoms with E-state index in [0.29, 0.717) is 0 Å². The molecule has 1 rings (SSSR count). The van der Waals surface area contributed by atoms with Gasteiger partial charge in [-0.3, -0.25) is 4.99 Å². The molecule has 0 aromatic carbocycles. The van der Waals surface area contributed by atoms with Crippen molar-refractivity contribution in [3.8, 4) is 0 Å². The lowest BCUT2D eigenvalue weighted by Gasteiger charge is -2.28. The number of hydrogen-bond acceptors (Lipinski definition) is 1. The molecule has 0 aromatic heterocycles. The van der Waals surface area contributed by atoms with Gasteiger partial charge in [0.2, 0.25) is 0 Å². The van der Waals surface area contributed by atoms with Crippen LogP contribution < -0.4 is 0 Å². The van der Waals surface area contributed by atoms with Crippen molar-refractivity contribution >= 4 is 5.84 Å². The molecule has 0 unspecified atom stereocenters. The lowest BCUT2D eigenvalue weighted by Crippen LogP contribution is -2.31. The predicted octanol–water partition coefficient (Wildman–Crippen LogP) is 3.72. The second-order valence-electron chi connectivity index (χ2n) is 5.18. The average Bonchev–Trinajstić information content (AvgIpc) is 2.30. The van der Waals surface area contributed by atoms with Crippen LogP contribution in [-0.2, 0) is 0 Å². The second kappa shape index (κ2) is 7.70. The van der Waals surface area contributed by atoms with Gasteiger partial charge < -0.3 is 4.90 Å². The van der Waals surface area contributed by atoms with Crippen molar-refractivity contribution in [2.75, 3.05) is 20.6 Å². The highest BCUT2D eigenvalue weighted by Gasteiger charge is 2.20. The molecule has 0 bridgehead atoms. The lowest BCUT2D eigenvalue weighted by molar-refractivity contribution is 0.406. The summed E-state index contributed by atoms with van der Waals surface area (Å²) in [5, 5.41) is 0. The van der Waals surface area contributed by atoms with E-state index in [1.54, 1.807) is 0 Å². The Balaban J connectivity index is 2.44. The molecule has 94 valence electrons. The number of unbranched alkanes of at least 4 members (excludes halogenated alkanes) is 2. The lowest BCUT2D eigenvalue weighted by atomic mass is 9.88. The van der Waals surface area contributed by atoms with Gasteiger partial charge in [-0.05, 0) is 19.3 Å². The number of hydrogen-bond donors (Lipinski definition) is 0. The topological polar surface area (TPSA) is 15.6 Å². The van der Waals surface area contributed by atoms with Crippen LogP contribution in [0.1, 0.15) is 58.3 Å². The Bertz CT molecular complexity index is 203. The summed E-state index contributed by atoms with van der Waals surface area (Å²) < 4.78 is 0. The maximum absolute atomic E-state index is 4.83. The monoisotopic (exact) mass is 224 g/mol. The van der Waals surface area contributed by atoms with E-state index in [4.69, 9.17) is 4.99 Å². The van der Waals surface area contributed by atoms with Crippen molar-refractivity contribution in [1.29, 1.82) is 0 Å². The molecule has 0 aliphatic heterocycles. The largest absolute Gasteiger partial charge is 0.366 e. The van der Waals surface area contributed by atoms with Crippen molar-refractivity contribution in [2.45, 2.75) is 58.3 Å². The summed E-state index contributed by atoms with van der Waals surface area (Å²) in [6.45, 7) is 3.27. The smallest absolute Gasteiger partial charge is 0.101 e. The minimum Gasteiger partial charge on any atom is -0.366 e. The molecule has 2 heteroatoms. The van der Waals surface area contributed by atoms with Crippen LogP contribution in [-0.4, -0.2) is 31.4 Å². The fraction of sp³-hybridized carbons (Fsp3) is 0.929. The van der Waals surface area contributed by atoms with Crippen molar-refractivity contribution in [3.05, 3.63) is 0 Å². The van der Waals surface area contributed by atoms with Gasteiger partial charge >= 0.3 is 0 Å². The molecule has 16 heavy (non-hydrogen) atoms. The zero-order chi connectivity index (χ0) is 11.8. The van der Waals surface area contributed by atoms with Crippen molar-refractivity contribution < 1.29 is 0 Å². The summed E-state index contributed by atoms with van der Waals surface area (Å²) in [4.78, 5) is 7.07. The van der Waals surface area contributed by atoms with Crippen LogP contribution in [0.15, 0.2) is 4.99 Å². The molecule has 1 fully saturated rings. The van der Waals surface area contributed by atoms with E-state index in [-0.39, 0.29) is 0 Å². The van der Waals surface area contributed by atoms with Crippen molar-refractivity contribution in [3.63, 3.8) is 0 Å². The van der Waals surface area contributed by atoms with Gasteiger partial charge in [-0.1, -0.05) is 39.0 Å². The van der Waals surface area contributed by atoms with E-state index in [1.807, 2.05) is 0 Å². The third kappa shape index (κ3) is 4.54. The number of amidine groups is 1. The molecule has 0 radical (unpaired) electrons. The van der Waals surface area contributed by atoms with Gasteiger partial charge in [-0.15, -0.1) is 0 Å². The van der Waals surface area contributed by atoms with E-state index in [1.165, 1.54) is 57.2 Å². The fourth-order valence-corrected chi connectivity index (χ4v) is 2.55. The SMILES string of the molecule is CCCCCN=C(C1CCCCC1)N(C)C. The van der Waals surface area contributed by atoms with Gasteiger partial charge in [0.1, 0.15) is 5.84 Å². The van der Waals surface area contributed by atoms with E-state index in [0.717, 1.165) is 12.5 Å². The molecule has 2 nitrogen and oxygen atoms in total. The first kappa shape index (κ1) is 13.5. The van der Waals surface area contributed by atoms with Crippen LogP contribution in [0.25, 0.3) is 0 Å². The van der Waals surface area contributed by atoms with Crippen LogP contribution >= 0.6 is 0 Å².